The van der Waals surface area contributed by atoms with Crippen molar-refractivity contribution >= 4 is 17.3 Å². The third kappa shape index (κ3) is 1.50. The SMILES string of the molecule is N[C@@H]1Cc2c(Cl)cccc2N(O)C1. The van der Waals surface area contributed by atoms with Crippen molar-refractivity contribution in [3.63, 3.8) is 0 Å². The second kappa shape index (κ2) is 3.18. The minimum Gasteiger partial charge on any atom is -0.326 e. The van der Waals surface area contributed by atoms with Crippen LogP contribution in [0.25, 0.3) is 0 Å². The first-order valence-corrected chi connectivity index (χ1v) is 4.55. The van der Waals surface area contributed by atoms with Gasteiger partial charge in [-0.25, -0.2) is 0 Å². The van der Waals surface area contributed by atoms with E-state index in [1.165, 1.54) is 0 Å². The van der Waals surface area contributed by atoms with E-state index in [-0.39, 0.29) is 6.04 Å². The van der Waals surface area contributed by atoms with Crippen LogP contribution in [0.5, 0.6) is 0 Å². The topological polar surface area (TPSA) is 49.5 Å². The minimum atomic E-state index is -0.0441. The highest BCUT2D eigenvalue weighted by Crippen LogP contribution is 2.30. The van der Waals surface area contributed by atoms with Crippen LogP contribution in [0.15, 0.2) is 18.2 Å². The van der Waals surface area contributed by atoms with Crippen molar-refractivity contribution in [3.05, 3.63) is 28.8 Å². The number of benzene rings is 1. The Morgan fingerprint density at radius 3 is 3.08 bits per heavy atom. The Kier molecular flexibility index (Phi) is 2.15. The number of anilines is 1. The number of hydrogen-bond donors (Lipinski definition) is 2. The molecule has 1 aromatic rings. The van der Waals surface area contributed by atoms with Crippen LogP contribution in [0.3, 0.4) is 0 Å². The van der Waals surface area contributed by atoms with Crippen molar-refractivity contribution in [2.75, 3.05) is 11.6 Å². The summed E-state index contributed by atoms with van der Waals surface area (Å²) in [5, 5.41) is 11.4. The highest BCUT2D eigenvalue weighted by molar-refractivity contribution is 6.31. The molecular weight excluding hydrogens is 188 g/mol. The van der Waals surface area contributed by atoms with E-state index in [0.29, 0.717) is 11.6 Å². The molecule has 2 rings (SSSR count). The van der Waals surface area contributed by atoms with Crippen LogP contribution in [0.1, 0.15) is 5.56 Å². The molecule has 0 unspecified atom stereocenters. The Labute approximate surface area is 81.7 Å². The van der Waals surface area contributed by atoms with Gasteiger partial charge in [-0.3, -0.25) is 10.3 Å². The molecule has 3 N–H and O–H groups in total. The van der Waals surface area contributed by atoms with Crippen LogP contribution in [0.2, 0.25) is 5.02 Å². The lowest BCUT2D eigenvalue weighted by Gasteiger charge is -2.29. The molecule has 0 radical (unpaired) electrons. The van der Waals surface area contributed by atoms with Crippen molar-refractivity contribution in [2.45, 2.75) is 12.5 Å². The van der Waals surface area contributed by atoms with E-state index in [2.05, 4.69) is 0 Å². The Morgan fingerprint density at radius 2 is 2.31 bits per heavy atom. The number of hydrogen-bond acceptors (Lipinski definition) is 3. The molecule has 0 bridgehead atoms. The average molecular weight is 199 g/mol. The first-order chi connectivity index (χ1) is 6.18. The number of halogens is 1. The highest BCUT2D eigenvalue weighted by Gasteiger charge is 2.22. The molecule has 0 spiro atoms. The monoisotopic (exact) mass is 198 g/mol. The van der Waals surface area contributed by atoms with Gasteiger partial charge in [0, 0.05) is 11.1 Å². The van der Waals surface area contributed by atoms with Gasteiger partial charge in [0.1, 0.15) is 0 Å². The van der Waals surface area contributed by atoms with Crippen molar-refractivity contribution in [1.29, 1.82) is 0 Å². The predicted octanol–water partition coefficient (Wildman–Crippen LogP) is 1.42. The van der Waals surface area contributed by atoms with Gasteiger partial charge < -0.3 is 5.73 Å². The molecule has 0 saturated heterocycles. The Bertz CT molecular complexity index is 329. The normalized spacial score (nSPS) is 21.5. The van der Waals surface area contributed by atoms with E-state index < -0.39 is 0 Å². The van der Waals surface area contributed by atoms with E-state index in [9.17, 15) is 5.21 Å². The molecule has 0 aliphatic carbocycles. The van der Waals surface area contributed by atoms with Gasteiger partial charge >= 0.3 is 0 Å². The van der Waals surface area contributed by atoms with Gasteiger partial charge in [0.05, 0.1) is 12.2 Å². The van der Waals surface area contributed by atoms with Gasteiger partial charge in [0.2, 0.25) is 0 Å². The molecule has 13 heavy (non-hydrogen) atoms. The van der Waals surface area contributed by atoms with E-state index in [1.54, 1.807) is 0 Å². The number of nitrogens with two attached hydrogens (primary N) is 1. The zero-order valence-electron chi connectivity index (χ0n) is 7.07. The standard InChI is InChI=1S/C9H11ClN2O/c10-8-2-1-3-9-7(8)4-6(11)5-12(9)13/h1-3,6,13H,4-5,11H2/t6-/m1/s1. The molecule has 1 aromatic carbocycles. The Balaban J connectivity index is 2.49. The maximum absolute atomic E-state index is 9.55. The molecule has 4 heteroatoms. The van der Waals surface area contributed by atoms with Crippen molar-refractivity contribution in [3.8, 4) is 0 Å². The second-order valence-electron chi connectivity index (χ2n) is 3.28. The molecule has 70 valence electrons. The lowest BCUT2D eigenvalue weighted by atomic mass is 10.00. The zero-order valence-corrected chi connectivity index (χ0v) is 7.83. The fourth-order valence-electron chi connectivity index (χ4n) is 1.64. The van der Waals surface area contributed by atoms with Crippen molar-refractivity contribution in [2.24, 2.45) is 5.73 Å². The summed E-state index contributed by atoms with van der Waals surface area (Å²) in [7, 11) is 0. The van der Waals surface area contributed by atoms with Crippen LogP contribution in [-0.2, 0) is 6.42 Å². The van der Waals surface area contributed by atoms with Crippen molar-refractivity contribution in [1.82, 2.24) is 0 Å². The fraction of sp³-hybridized carbons (Fsp3) is 0.333. The summed E-state index contributed by atoms with van der Waals surface area (Å²) in [4.78, 5) is 0. The van der Waals surface area contributed by atoms with Crippen molar-refractivity contribution < 1.29 is 5.21 Å². The molecule has 1 heterocycles. The van der Waals surface area contributed by atoms with Crippen LogP contribution < -0.4 is 10.8 Å². The first-order valence-electron chi connectivity index (χ1n) is 4.18. The molecular formula is C9H11ClN2O. The second-order valence-corrected chi connectivity index (χ2v) is 3.69. The van der Waals surface area contributed by atoms with E-state index in [0.717, 1.165) is 22.7 Å². The molecule has 3 nitrogen and oxygen atoms in total. The lowest BCUT2D eigenvalue weighted by molar-refractivity contribution is 0.238. The molecule has 0 amide bonds. The van der Waals surface area contributed by atoms with Gasteiger partial charge in [-0.1, -0.05) is 17.7 Å². The maximum atomic E-state index is 9.55. The van der Waals surface area contributed by atoms with Gasteiger partial charge in [0.15, 0.2) is 0 Å². The third-order valence-electron chi connectivity index (χ3n) is 2.25. The quantitative estimate of drug-likeness (QED) is 0.663. The Morgan fingerprint density at radius 1 is 1.54 bits per heavy atom. The Hall–Kier alpha value is -0.770. The summed E-state index contributed by atoms with van der Waals surface area (Å²) in [6.45, 7) is 0.466. The molecule has 0 saturated carbocycles. The summed E-state index contributed by atoms with van der Waals surface area (Å²) >= 11 is 5.98. The van der Waals surface area contributed by atoms with Gasteiger partial charge in [-0.05, 0) is 24.1 Å². The number of nitrogens with zero attached hydrogens (tertiary/aromatic N) is 1. The summed E-state index contributed by atoms with van der Waals surface area (Å²) in [6, 6.07) is 5.43. The molecule has 0 aromatic heterocycles. The average Bonchev–Trinajstić information content (AvgIpc) is 2.07. The van der Waals surface area contributed by atoms with Crippen LogP contribution in [0.4, 0.5) is 5.69 Å². The summed E-state index contributed by atoms with van der Waals surface area (Å²) in [6.07, 6.45) is 0.728. The minimum absolute atomic E-state index is 0.0441. The lowest BCUT2D eigenvalue weighted by Crippen LogP contribution is -2.41. The number of fused-ring (bicyclic) bond motifs is 1. The summed E-state index contributed by atoms with van der Waals surface area (Å²) in [5.41, 5.74) is 7.46. The number of rotatable bonds is 0. The largest absolute Gasteiger partial charge is 0.326 e. The van der Waals surface area contributed by atoms with Gasteiger partial charge in [0.25, 0.3) is 0 Å². The fourth-order valence-corrected chi connectivity index (χ4v) is 1.89. The smallest absolute Gasteiger partial charge is 0.0682 e. The number of hydroxylamine groups is 1. The van der Waals surface area contributed by atoms with Crippen LogP contribution in [-0.4, -0.2) is 17.8 Å². The zero-order chi connectivity index (χ0) is 9.42. The molecule has 1 atom stereocenters. The van der Waals surface area contributed by atoms with E-state index >= 15 is 0 Å². The van der Waals surface area contributed by atoms with Gasteiger partial charge in [-0.2, -0.15) is 0 Å². The highest BCUT2D eigenvalue weighted by atomic mass is 35.5. The van der Waals surface area contributed by atoms with E-state index in [1.807, 2.05) is 18.2 Å². The van der Waals surface area contributed by atoms with Crippen LogP contribution in [0, 0.1) is 0 Å². The summed E-state index contributed by atoms with van der Waals surface area (Å²) in [5.74, 6) is 0. The maximum Gasteiger partial charge on any atom is 0.0682 e. The predicted molar refractivity (Wildman–Crippen MR) is 52.3 cm³/mol. The van der Waals surface area contributed by atoms with Gasteiger partial charge in [-0.15, -0.1) is 0 Å². The third-order valence-corrected chi connectivity index (χ3v) is 2.60. The molecule has 1 aliphatic heterocycles. The first kappa shape index (κ1) is 8.81. The summed E-state index contributed by atoms with van der Waals surface area (Å²) < 4.78 is 0. The molecule has 1 aliphatic rings. The molecule has 0 fully saturated rings. The van der Waals surface area contributed by atoms with Crippen LogP contribution >= 0.6 is 11.6 Å². The van der Waals surface area contributed by atoms with E-state index in [4.69, 9.17) is 17.3 Å².